The molecule has 1 spiro atoms. The van der Waals surface area contributed by atoms with E-state index in [2.05, 4.69) is 0 Å². The fourth-order valence-electron chi connectivity index (χ4n) is 4.92. The number of hydrogen-bond donors (Lipinski definition) is 0. The average Bonchev–Trinajstić information content (AvgIpc) is 3.05. The van der Waals surface area contributed by atoms with Crippen LogP contribution in [0.5, 0.6) is 23.0 Å². The van der Waals surface area contributed by atoms with Crippen LogP contribution < -0.4 is 18.9 Å². The number of alkyl halides is 1. The second kappa shape index (κ2) is 8.67. The highest BCUT2D eigenvalue weighted by Gasteiger charge is 2.62. The molecule has 2 atom stereocenters. The molecule has 0 saturated carbocycles. The van der Waals surface area contributed by atoms with Gasteiger partial charge in [-0.15, -0.1) is 11.6 Å². The molecule has 0 aromatic heterocycles. The number of ether oxygens (including phenoxy) is 5. The standard InChI is InChI=1S/C24H26ClNO7/c1-6-33-23(28)26-10-9-13-11-17(30-3)18(31-4)12-15(13)24(26)21(25)19-14(22(24)27)7-8-16(29-2)20(19)32-5/h7-8,11-12,21H,6,9-10H2,1-5H3. The number of Topliss-reactive ketones (excluding diaryl/α,β-unsaturated/α-hetero) is 1. The van der Waals surface area contributed by atoms with Gasteiger partial charge in [-0.3, -0.25) is 9.69 Å². The molecule has 0 fully saturated rings. The Balaban J connectivity index is 2.04. The van der Waals surface area contributed by atoms with Gasteiger partial charge >= 0.3 is 6.09 Å². The maximum absolute atomic E-state index is 14.2. The van der Waals surface area contributed by atoms with Crippen molar-refractivity contribution >= 4 is 23.5 Å². The van der Waals surface area contributed by atoms with Crippen LogP contribution in [-0.2, 0) is 16.7 Å². The molecule has 0 saturated heterocycles. The van der Waals surface area contributed by atoms with Crippen LogP contribution in [0.1, 0.15) is 39.3 Å². The summed E-state index contributed by atoms with van der Waals surface area (Å²) in [5, 5.41) is -0.966. The van der Waals surface area contributed by atoms with Gasteiger partial charge in [0, 0.05) is 17.7 Å². The van der Waals surface area contributed by atoms with E-state index in [4.69, 9.17) is 35.3 Å². The molecule has 33 heavy (non-hydrogen) atoms. The van der Waals surface area contributed by atoms with Crippen LogP contribution in [0, 0.1) is 0 Å². The van der Waals surface area contributed by atoms with Crippen LogP contribution in [-0.4, -0.2) is 58.4 Å². The summed E-state index contributed by atoms with van der Waals surface area (Å²) in [7, 11) is 6.06. The van der Waals surface area contributed by atoms with Gasteiger partial charge in [-0.05, 0) is 48.7 Å². The van der Waals surface area contributed by atoms with Crippen molar-refractivity contribution in [2.24, 2.45) is 0 Å². The van der Waals surface area contributed by atoms with Crippen molar-refractivity contribution in [3.05, 3.63) is 46.5 Å². The molecule has 0 N–H and O–H groups in total. The highest BCUT2D eigenvalue weighted by Crippen LogP contribution is 2.60. The monoisotopic (exact) mass is 475 g/mol. The number of fused-ring (bicyclic) bond motifs is 3. The molecule has 9 heteroatoms. The number of hydrogen-bond acceptors (Lipinski definition) is 7. The summed E-state index contributed by atoms with van der Waals surface area (Å²) in [5.74, 6) is 1.44. The molecule has 1 aliphatic heterocycles. The summed E-state index contributed by atoms with van der Waals surface area (Å²) in [4.78, 5) is 28.8. The van der Waals surface area contributed by atoms with Crippen molar-refractivity contribution < 1.29 is 33.3 Å². The number of benzene rings is 2. The van der Waals surface area contributed by atoms with Gasteiger partial charge in [-0.1, -0.05) is 0 Å². The Morgan fingerprint density at radius 1 is 1.06 bits per heavy atom. The van der Waals surface area contributed by atoms with Crippen LogP contribution in [0.2, 0.25) is 0 Å². The molecule has 1 amide bonds. The summed E-state index contributed by atoms with van der Waals surface area (Å²) in [6, 6.07) is 6.87. The van der Waals surface area contributed by atoms with Gasteiger partial charge in [0.2, 0.25) is 0 Å². The highest BCUT2D eigenvalue weighted by molar-refractivity contribution is 6.29. The van der Waals surface area contributed by atoms with Gasteiger partial charge < -0.3 is 23.7 Å². The quantitative estimate of drug-likeness (QED) is 0.602. The Hall–Kier alpha value is -3.13. The molecule has 8 nitrogen and oxygen atoms in total. The average molecular weight is 476 g/mol. The van der Waals surface area contributed by atoms with Gasteiger partial charge in [0.15, 0.2) is 34.3 Å². The van der Waals surface area contributed by atoms with Crippen LogP contribution >= 0.6 is 11.6 Å². The molecule has 2 unspecified atom stereocenters. The number of amides is 1. The lowest BCUT2D eigenvalue weighted by Crippen LogP contribution is -2.58. The summed E-state index contributed by atoms with van der Waals surface area (Å²) in [6.07, 6.45) is -0.125. The van der Waals surface area contributed by atoms with Crippen molar-refractivity contribution in [2.75, 3.05) is 41.6 Å². The maximum atomic E-state index is 14.2. The summed E-state index contributed by atoms with van der Waals surface area (Å²) >= 11 is 7.14. The molecule has 1 heterocycles. The van der Waals surface area contributed by atoms with Crippen molar-refractivity contribution in [1.29, 1.82) is 0 Å². The number of methoxy groups -OCH3 is 4. The zero-order valence-corrected chi connectivity index (χ0v) is 19.9. The zero-order valence-electron chi connectivity index (χ0n) is 19.2. The molecular formula is C24H26ClNO7. The van der Waals surface area contributed by atoms with Crippen molar-refractivity contribution in [1.82, 2.24) is 4.90 Å². The third-order valence-corrected chi connectivity index (χ3v) is 6.87. The van der Waals surface area contributed by atoms with Crippen LogP contribution in [0.4, 0.5) is 4.79 Å². The Morgan fingerprint density at radius 3 is 2.33 bits per heavy atom. The predicted octanol–water partition coefficient (Wildman–Crippen LogP) is 4.11. The number of halogens is 1. The third kappa shape index (κ3) is 3.11. The summed E-state index contributed by atoms with van der Waals surface area (Å²) in [6.45, 7) is 2.12. The number of nitrogens with zero attached hydrogens (tertiary/aromatic N) is 1. The van der Waals surface area contributed by atoms with E-state index in [1.807, 2.05) is 6.07 Å². The first-order valence-electron chi connectivity index (χ1n) is 10.5. The number of carbonyl (C=O) groups is 2. The van der Waals surface area contributed by atoms with E-state index in [0.717, 1.165) is 5.56 Å². The second-order valence-corrected chi connectivity index (χ2v) is 8.12. The van der Waals surface area contributed by atoms with Crippen LogP contribution in [0.25, 0.3) is 0 Å². The molecule has 2 aliphatic rings. The Kier molecular flexibility index (Phi) is 6.05. The lowest BCUT2D eigenvalue weighted by atomic mass is 9.77. The Bertz CT molecular complexity index is 1120. The SMILES string of the molecule is CCOC(=O)N1CCc2cc(OC)c(OC)cc2C12C(=O)c1ccc(OC)c(OC)c1C2Cl. The van der Waals surface area contributed by atoms with Crippen molar-refractivity contribution in [2.45, 2.75) is 24.3 Å². The zero-order chi connectivity index (χ0) is 23.9. The minimum absolute atomic E-state index is 0.162. The lowest BCUT2D eigenvalue weighted by Gasteiger charge is -2.46. The summed E-state index contributed by atoms with van der Waals surface area (Å²) < 4.78 is 27.4. The summed E-state index contributed by atoms with van der Waals surface area (Å²) in [5.41, 5.74) is 0.695. The number of rotatable bonds is 5. The Morgan fingerprint density at radius 2 is 1.73 bits per heavy atom. The van der Waals surface area contributed by atoms with Crippen molar-refractivity contribution in [3.63, 3.8) is 0 Å². The van der Waals surface area contributed by atoms with E-state index in [-0.39, 0.29) is 18.9 Å². The van der Waals surface area contributed by atoms with Gasteiger partial charge in [-0.25, -0.2) is 4.79 Å². The molecule has 4 rings (SSSR count). The first kappa shape index (κ1) is 23.0. The molecule has 176 valence electrons. The molecule has 0 bridgehead atoms. The second-order valence-electron chi connectivity index (χ2n) is 7.69. The van der Waals surface area contributed by atoms with Crippen molar-refractivity contribution in [3.8, 4) is 23.0 Å². The first-order chi connectivity index (χ1) is 15.9. The minimum atomic E-state index is -1.55. The Labute approximate surface area is 197 Å². The van der Waals surface area contributed by atoms with E-state index in [1.165, 1.54) is 26.2 Å². The van der Waals surface area contributed by atoms with Gasteiger partial charge in [0.1, 0.15) is 0 Å². The molecule has 2 aromatic carbocycles. The van der Waals surface area contributed by atoms with Gasteiger partial charge in [0.05, 0.1) is 40.4 Å². The van der Waals surface area contributed by atoms with E-state index in [9.17, 15) is 9.59 Å². The van der Waals surface area contributed by atoms with E-state index in [0.29, 0.717) is 46.1 Å². The number of carbonyl (C=O) groups excluding carboxylic acids is 2. The first-order valence-corrected chi connectivity index (χ1v) is 11.0. The van der Waals surface area contributed by atoms with Crippen LogP contribution in [0.3, 0.4) is 0 Å². The maximum Gasteiger partial charge on any atom is 0.410 e. The van der Waals surface area contributed by atoms with E-state index in [1.54, 1.807) is 32.2 Å². The van der Waals surface area contributed by atoms with E-state index >= 15 is 0 Å². The smallest absolute Gasteiger partial charge is 0.410 e. The molecule has 2 aromatic rings. The lowest BCUT2D eigenvalue weighted by molar-refractivity contribution is 0.0376. The largest absolute Gasteiger partial charge is 0.493 e. The van der Waals surface area contributed by atoms with Gasteiger partial charge in [-0.2, -0.15) is 0 Å². The molecular weight excluding hydrogens is 450 g/mol. The molecule has 1 aliphatic carbocycles. The van der Waals surface area contributed by atoms with E-state index < -0.39 is 17.0 Å². The topological polar surface area (TPSA) is 83.5 Å². The number of ketones is 1. The van der Waals surface area contributed by atoms with Crippen LogP contribution in [0.15, 0.2) is 24.3 Å². The third-order valence-electron chi connectivity index (χ3n) is 6.33. The fraction of sp³-hybridized carbons (Fsp3) is 0.417. The minimum Gasteiger partial charge on any atom is -0.493 e. The van der Waals surface area contributed by atoms with Gasteiger partial charge in [0.25, 0.3) is 0 Å². The molecule has 0 radical (unpaired) electrons. The predicted molar refractivity (Wildman–Crippen MR) is 121 cm³/mol. The fourth-order valence-corrected chi connectivity index (χ4v) is 5.47. The highest BCUT2D eigenvalue weighted by atomic mass is 35.5. The normalized spacial score (nSPS) is 20.8.